The van der Waals surface area contributed by atoms with E-state index in [1.165, 1.54) is 0 Å². The second kappa shape index (κ2) is 6.23. The van der Waals surface area contributed by atoms with Crippen LogP contribution in [0.1, 0.15) is 16.8 Å². The molecule has 3 rings (SSSR count). The smallest absolute Gasteiger partial charge is 0.257 e. The van der Waals surface area contributed by atoms with Crippen molar-refractivity contribution >= 4 is 11.7 Å². The monoisotopic (exact) mass is 316 g/mol. The van der Waals surface area contributed by atoms with Crippen LogP contribution in [0.3, 0.4) is 0 Å². The maximum absolute atomic E-state index is 12.4. The molecule has 122 valence electrons. The lowest BCUT2D eigenvalue weighted by Gasteiger charge is -2.19. The molecule has 1 amide bonds. The number of rotatable bonds is 4. The van der Waals surface area contributed by atoms with Gasteiger partial charge in [0.1, 0.15) is 6.10 Å². The van der Waals surface area contributed by atoms with Gasteiger partial charge in [0, 0.05) is 52.7 Å². The van der Waals surface area contributed by atoms with E-state index in [0.29, 0.717) is 30.4 Å². The SMILES string of the molecule is CN(C)c1nccnc1OC1CCN(C(=O)c2cnn(C)c2)C1. The molecule has 0 bridgehead atoms. The van der Waals surface area contributed by atoms with Gasteiger partial charge in [-0.05, 0) is 0 Å². The highest BCUT2D eigenvalue weighted by atomic mass is 16.5. The summed E-state index contributed by atoms with van der Waals surface area (Å²) in [4.78, 5) is 24.6. The van der Waals surface area contributed by atoms with Crippen molar-refractivity contribution in [1.82, 2.24) is 24.6 Å². The highest BCUT2D eigenvalue weighted by Gasteiger charge is 2.29. The second-order valence-corrected chi connectivity index (χ2v) is 5.76. The minimum absolute atomic E-state index is 0.0174. The van der Waals surface area contributed by atoms with Crippen LogP contribution >= 0.6 is 0 Å². The molecule has 2 aromatic heterocycles. The maximum atomic E-state index is 12.4. The first-order chi connectivity index (χ1) is 11.0. The molecular formula is C15H20N6O2. The molecule has 3 heterocycles. The summed E-state index contributed by atoms with van der Waals surface area (Å²) in [7, 11) is 5.58. The van der Waals surface area contributed by atoms with Gasteiger partial charge in [-0.25, -0.2) is 9.97 Å². The van der Waals surface area contributed by atoms with Gasteiger partial charge in [-0.1, -0.05) is 0 Å². The first-order valence-electron chi connectivity index (χ1n) is 7.47. The molecular weight excluding hydrogens is 296 g/mol. The topological polar surface area (TPSA) is 76.4 Å². The molecule has 1 aliphatic rings. The number of amides is 1. The Kier molecular flexibility index (Phi) is 4.14. The third-order valence-electron chi connectivity index (χ3n) is 3.73. The number of nitrogens with zero attached hydrogens (tertiary/aromatic N) is 6. The molecule has 8 heteroatoms. The summed E-state index contributed by atoms with van der Waals surface area (Å²) in [5, 5.41) is 4.04. The molecule has 0 N–H and O–H groups in total. The quantitative estimate of drug-likeness (QED) is 0.821. The fourth-order valence-electron chi connectivity index (χ4n) is 2.59. The predicted octanol–water partition coefficient (Wildman–Crippen LogP) is 0.570. The first kappa shape index (κ1) is 15.3. The fraction of sp³-hybridized carbons (Fsp3) is 0.467. The summed E-state index contributed by atoms with van der Waals surface area (Å²) >= 11 is 0. The van der Waals surface area contributed by atoms with E-state index in [1.807, 2.05) is 19.0 Å². The summed E-state index contributed by atoms with van der Waals surface area (Å²) in [5.74, 6) is 1.17. The van der Waals surface area contributed by atoms with Crippen LogP contribution in [0.15, 0.2) is 24.8 Å². The standard InChI is InChI=1S/C15H20N6O2/c1-19(2)13-14(17-6-5-16-13)23-12-4-7-21(10-12)15(22)11-8-18-20(3)9-11/h5-6,8-9,12H,4,7,10H2,1-3H3. The van der Waals surface area contributed by atoms with Gasteiger partial charge in [0.25, 0.3) is 11.8 Å². The fourth-order valence-corrected chi connectivity index (χ4v) is 2.59. The van der Waals surface area contributed by atoms with Crippen LogP contribution in [0.25, 0.3) is 0 Å². The average molecular weight is 316 g/mol. The highest BCUT2D eigenvalue weighted by molar-refractivity contribution is 5.93. The van der Waals surface area contributed by atoms with Crippen molar-refractivity contribution < 1.29 is 9.53 Å². The molecule has 0 aromatic carbocycles. The van der Waals surface area contributed by atoms with E-state index in [-0.39, 0.29) is 12.0 Å². The summed E-state index contributed by atoms with van der Waals surface area (Å²) in [5.41, 5.74) is 0.599. The Morgan fingerprint density at radius 2 is 2.13 bits per heavy atom. The summed E-state index contributed by atoms with van der Waals surface area (Å²) < 4.78 is 7.58. The zero-order valence-corrected chi connectivity index (χ0v) is 13.5. The summed E-state index contributed by atoms with van der Waals surface area (Å²) in [6.45, 7) is 1.20. The number of carbonyl (C=O) groups excluding carboxylic acids is 1. The summed E-state index contributed by atoms with van der Waals surface area (Å²) in [6.07, 6.45) is 7.25. The molecule has 1 unspecified atom stereocenters. The number of aryl methyl sites for hydroxylation is 1. The number of likely N-dealkylation sites (tertiary alicyclic amines) is 1. The Hall–Kier alpha value is -2.64. The first-order valence-corrected chi connectivity index (χ1v) is 7.47. The van der Waals surface area contributed by atoms with Gasteiger partial charge in [-0.15, -0.1) is 0 Å². The third-order valence-corrected chi connectivity index (χ3v) is 3.73. The normalized spacial score (nSPS) is 17.3. The molecule has 0 radical (unpaired) electrons. The molecule has 1 fully saturated rings. The van der Waals surface area contributed by atoms with E-state index in [4.69, 9.17) is 4.74 Å². The zero-order valence-electron chi connectivity index (χ0n) is 13.5. The van der Waals surface area contributed by atoms with Gasteiger partial charge < -0.3 is 14.5 Å². The average Bonchev–Trinajstić information content (AvgIpc) is 3.16. The number of anilines is 1. The Balaban J connectivity index is 1.65. The van der Waals surface area contributed by atoms with E-state index in [0.717, 1.165) is 6.42 Å². The molecule has 2 aromatic rings. The van der Waals surface area contributed by atoms with E-state index in [1.54, 1.807) is 41.4 Å². The lowest BCUT2D eigenvalue weighted by molar-refractivity contribution is 0.0771. The van der Waals surface area contributed by atoms with Gasteiger partial charge in [-0.2, -0.15) is 5.10 Å². The van der Waals surface area contributed by atoms with Crippen LogP contribution in [0.4, 0.5) is 5.82 Å². The molecule has 23 heavy (non-hydrogen) atoms. The van der Waals surface area contributed by atoms with Gasteiger partial charge in [-0.3, -0.25) is 9.48 Å². The van der Waals surface area contributed by atoms with Crippen LogP contribution in [0, 0.1) is 0 Å². The third kappa shape index (κ3) is 3.25. The molecule has 8 nitrogen and oxygen atoms in total. The minimum Gasteiger partial charge on any atom is -0.470 e. The van der Waals surface area contributed by atoms with Crippen molar-refractivity contribution in [2.24, 2.45) is 7.05 Å². The van der Waals surface area contributed by atoms with Crippen molar-refractivity contribution in [3.63, 3.8) is 0 Å². The lowest BCUT2D eigenvalue weighted by Crippen LogP contribution is -2.31. The number of aromatic nitrogens is 4. The van der Waals surface area contributed by atoms with Crippen LogP contribution < -0.4 is 9.64 Å². The molecule has 0 aliphatic carbocycles. The van der Waals surface area contributed by atoms with Crippen LogP contribution in [0.2, 0.25) is 0 Å². The van der Waals surface area contributed by atoms with Crippen LogP contribution in [-0.2, 0) is 7.05 Å². The van der Waals surface area contributed by atoms with Crippen LogP contribution in [-0.4, -0.2) is 63.8 Å². The second-order valence-electron chi connectivity index (χ2n) is 5.76. The van der Waals surface area contributed by atoms with Crippen LogP contribution in [0.5, 0.6) is 5.88 Å². The Morgan fingerprint density at radius 1 is 1.35 bits per heavy atom. The number of ether oxygens (including phenoxy) is 1. The molecule has 1 aliphatic heterocycles. The van der Waals surface area contributed by atoms with Crippen molar-refractivity contribution in [3.8, 4) is 5.88 Å². The lowest BCUT2D eigenvalue weighted by atomic mass is 10.3. The van der Waals surface area contributed by atoms with E-state index < -0.39 is 0 Å². The molecule has 0 spiro atoms. The van der Waals surface area contributed by atoms with E-state index in [2.05, 4.69) is 15.1 Å². The number of carbonyl (C=O) groups is 1. The minimum atomic E-state index is -0.0778. The Labute approximate surface area is 134 Å². The number of hydrogen-bond donors (Lipinski definition) is 0. The highest BCUT2D eigenvalue weighted by Crippen LogP contribution is 2.24. The predicted molar refractivity (Wildman–Crippen MR) is 84.5 cm³/mol. The van der Waals surface area contributed by atoms with Crippen molar-refractivity contribution in [2.75, 3.05) is 32.1 Å². The van der Waals surface area contributed by atoms with Crippen molar-refractivity contribution in [2.45, 2.75) is 12.5 Å². The molecule has 0 saturated carbocycles. The molecule has 1 atom stereocenters. The summed E-state index contributed by atoms with van der Waals surface area (Å²) in [6, 6.07) is 0. The number of hydrogen-bond acceptors (Lipinski definition) is 6. The van der Waals surface area contributed by atoms with Gasteiger partial charge >= 0.3 is 0 Å². The van der Waals surface area contributed by atoms with Gasteiger partial charge in [0.15, 0.2) is 5.82 Å². The Bertz CT molecular complexity index is 699. The van der Waals surface area contributed by atoms with E-state index in [9.17, 15) is 4.79 Å². The van der Waals surface area contributed by atoms with Crippen molar-refractivity contribution in [3.05, 3.63) is 30.4 Å². The van der Waals surface area contributed by atoms with Crippen molar-refractivity contribution in [1.29, 1.82) is 0 Å². The Morgan fingerprint density at radius 3 is 2.83 bits per heavy atom. The zero-order chi connectivity index (χ0) is 16.4. The van der Waals surface area contributed by atoms with Gasteiger partial charge in [0.05, 0.1) is 18.3 Å². The largest absolute Gasteiger partial charge is 0.470 e. The van der Waals surface area contributed by atoms with Gasteiger partial charge in [0.2, 0.25) is 0 Å². The maximum Gasteiger partial charge on any atom is 0.257 e. The van der Waals surface area contributed by atoms with E-state index >= 15 is 0 Å². The molecule has 1 saturated heterocycles.